The summed E-state index contributed by atoms with van der Waals surface area (Å²) in [5.41, 5.74) is 7.18. The molecule has 94 valence electrons. The van der Waals surface area contributed by atoms with E-state index in [2.05, 4.69) is 28.9 Å². The second kappa shape index (κ2) is 7.51. The van der Waals surface area contributed by atoms with Crippen molar-refractivity contribution >= 4 is 15.9 Å². The van der Waals surface area contributed by atoms with E-state index in [1.54, 1.807) is 0 Å². The molecule has 0 saturated carbocycles. The smallest absolute Gasteiger partial charge is 0.120 e. The Labute approximate surface area is 112 Å². The average Bonchev–Trinajstić information content (AvgIpc) is 2.33. The first-order valence-electron chi connectivity index (χ1n) is 5.95. The lowest BCUT2D eigenvalue weighted by atomic mass is 10.0. The van der Waals surface area contributed by atoms with Gasteiger partial charge in [0.1, 0.15) is 12.4 Å². The lowest BCUT2D eigenvalue weighted by Gasteiger charge is -2.12. The van der Waals surface area contributed by atoms with Gasteiger partial charge in [-0.15, -0.1) is 0 Å². The maximum atomic E-state index is 5.97. The highest BCUT2D eigenvalue weighted by Gasteiger charge is 2.06. The number of nitrogens with two attached hydrogens (primary N) is 1. The van der Waals surface area contributed by atoms with E-state index in [-0.39, 0.29) is 6.04 Å². The fourth-order valence-corrected chi connectivity index (χ4v) is 1.87. The first-order valence-corrected chi connectivity index (χ1v) is 6.74. The number of rotatable bonds is 6. The lowest BCUT2D eigenvalue weighted by molar-refractivity contribution is 0.362. The minimum atomic E-state index is 0.206. The van der Waals surface area contributed by atoms with Gasteiger partial charge in [0.05, 0.1) is 0 Å². The highest BCUT2D eigenvalue weighted by atomic mass is 79.9. The zero-order valence-corrected chi connectivity index (χ0v) is 12.0. The molecular weight excluding hydrogens is 278 g/mol. The van der Waals surface area contributed by atoms with Gasteiger partial charge in [-0.1, -0.05) is 35.0 Å². The summed E-state index contributed by atoms with van der Waals surface area (Å²) in [6.07, 6.45) is 5.82. The number of hydrogen-bond acceptors (Lipinski definition) is 2. The molecule has 0 aliphatic rings. The van der Waals surface area contributed by atoms with Gasteiger partial charge in [-0.05, 0) is 43.5 Å². The Balaban J connectivity index is 2.72. The van der Waals surface area contributed by atoms with Crippen LogP contribution in [0.2, 0.25) is 0 Å². The Morgan fingerprint density at radius 3 is 2.88 bits per heavy atom. The van der Waals surface area contributed by atoms with E-state index in [1.807, 2.05) is 31.2 Å². The molecule has 1 aromatic carbocycles. The largest absolute Gasteiger partial charge is 0.490 e. The Kier molecular flexibility index (Phi) is 6.30. The molecule has 0 saturated heterocycles. The summed E-state index contributed by atoms with van der Waals surface area (Å²) in [4.78, 5) is 0. The summed E-state index contributed by atoms with van der Waals surface area (Å²) in [5, 5.41) is 0. The van der Waals surface area contributed by atoms with Crippen LogP contribution >= 0.6 is 15.9 Å². The van der Waals surface area contributed by atoms with Gasteiger partial charge in [0.2, 0.25) is 0 Å². The third-order valence-electron chi connectivity index (χ3n) is 2.61. The molecule has 0 aliphatic carbocycles. The fraction of sp³-hybridized carbons (Fsp3) is 0.429. The molecule has 1 rings (SSSR count). The van der Waals surface area contributed by atoms with Crippen molar-refractivity contribution in [3.8, 4) is 5.75 Å². The molecule has 0 aliphatic heterocycles. The second-order valence-electron chi connectivity index (χ2n) is 4.01. The van der Waals surface area contributed by atoms with Crippen molar-refractivity contribution in [3.63, 3.8) is 0 Å². The Bertz CT molecular complexity index is 376. The van der Waals surface area contributed by atoms with Crippen LogP contribution in [0.3, 0.4) is 0 Å². The van der Waals surface area contributed by atoms with Crippen LogP contribution in [0.4, 0.5) is 0 Å². The second-order valence-corrected chi connectivity index (χ2v) is 4.86. The van der Waals surface area contributed by atoms with Crippen molar-refractivity contribution in [2.45, 2.75) is 32.7 Å². The van der Waals surface area contributed by atoms with Crippen molar-refractivity contribution in [2.24, 2.45) is 5.73 Å². The number of allylic oxidation sites excluding steroid dienone is 1. The molecule has 0 amide bonds. The predicted molar refractivity (Wildman–Crippen MR) is 76.4 cm³/mol. The first-order chi connectivity index (χ1) is 8.17. The number of hydrogen-bond donors (Lipinski definition) is 1. The molecule has 0 radical (unpaired) electrons. The summed E-state index contributed by atoms with van der Waals surface area (Å²) >= 11 is 3.54. The standard InChI is InChI=1S/C14H20BrNO/c1-3-5-8-17-13-6-7-14(15)11(10-13)9-12(16)4-2/h3,5-7,10,12H,4,8-9,16H2,1-2H3/b5-3+. The molecule has 0 bridgehead atoms. The minimum Gasteiger partial charge on any atom is -0.490 e. The van der Waals surface area contributed by atoms with Crippen molar-refractivity contribution in [1.82, 2.24) is 0 Å². The van der Waals surface area contributed by atoms with Crippen LogP contribution in [-0.2, 0) is 6.42 Å². The Hall–Kier alpha value is -0.800. The van der Waals surface area contributed by atoms with Crippen LogP contribution in [0.25, 0.3) is 0 Å². The fourth-order valence-electron chi connectivity index (χ4n) is 1.46. The molecule has 0 heterocycles. The van der Waals surface area contributed by atoms with Crippen molar-refractivity contribution in [3.05, 3.63) is 40.4 Å². The zero-order valence-electron chi connectivity index (χ0n) is 10.4. The van der Waals surface area contributed by atoms with Gasteiger partial charge < -0.3 is 10.5 Å². The van der Waals surface area contributed by atoms with Gasteiger partial charge >= 0.3 is 0 Å². The van der Waals surface area contributed by atoms with E-state index < -0.39 is 0 Å². The lowest BCUT2D eigenvalue weighted by Crippen LogP contribution is -2.21. The van der Waals surface area contributed by atoms with Crippen LogP contribution in [0.15, 0.2) is 34.8 Å². The maximum Gasteiger partial charge on any atom is 0.120 e. The quantitative estimate of drug-likeness (QED) is 0.813. The number of halogens is 1. The number of benzene rings is 1. The molecule has 0 spiro atoms. The number of ether oxygens (including phenoxy) is 1. The van der Waals surface area contributed by atoms with E-state index >= 15 is 0 Å². The summed E-state index contributed by atoms with van der Waals surface area (Å²) in [6, 6.07) is 6.25. The third kappa shape index (κ3) is 4.92. The van der Waals surface area contributed by atoms with Crippen molar-refractivity contribution in [1.29, 1.82) is 0 Å². The molecule has 1 atom stereocenters. The topological polar surface area (TPSA) is 35.2 Å². The SMILES string of the molecule is C/C=C/COc1ccc(Br)c(CC(N)CC)c1. The Morgan fingerprint density at radius 2 is 2.24 bits per heavy atom. The summed E-state index contributed by atoms with van der Waals surface area (Å²) in [5.74, 6) is 0.893. The molecule has 17 heavy (non-hydrogen) atoms. The monoisotopic (exact) mass is 297 g/mol. The normalized spacial score (nSPS) is 12.9. The Morgan fingerprint density at radius 1 is 1.47 bits per heavy atom. The molecule has 0 fully saturated rings. The van der Waals surface area contributed by atoms with E-state index in [0.717, 1.165) is 23.1 Å². The molecule has 1 aromatic rings. The predicted octanol–water partition coefficient (Wildman–Crippen LogP) is 3.68. The van der Waals surface area contributed by atoms with E-state index in [9.17, 15) is 0 Å². The molecular formula is C14H20BrNO. The van der Waals surface area contributed by atoms with Crippen LogP contribution in [0.1, 0.15) is 25.8 Å². The van der Waals surface area contributed by atoms with Crippen molar-refractivity contribution in [2.75, 3.05) is 6.61 Å². The van der Waals surface area contributed by atoms with Crippen molar-refractivity contribution < 1.29 is 4.74 Å². The highest BCUT2D eigenvalue weighted by Crippen LogP contribution is 2.24. The van der Waals surface area contributed by atoms with Gasteiger partial charge in [-0.3, -0.25) is 0 Å². The summed E-state index contributed by atoms with van der Waals surface area (Å²) in [7, 11) is 0. The molecule has 0 aromatic heterocycles. The van der Waals surface area contributed by atoms with Crippen LogP contribution in [0.5, 0.6) is 5.75 Å². The maximum absolute atomic E-state index is 5.97. The molecule has 3 heteroatoms. The van der Waals surface area contributed by atoms with E-state index in [0.29, 0.717) is 6.61 Å². The summed E-state index contributed by atoms with van der Waals surface area (Å²) < 4.78 is 6.71. The average molecular weight is 298 g/mol. The minimum absolute atomic E-state index is 0.206. The third-order valence-corrected chi connectivity index (χ3v) is 3.38. The van der Waals surface area contributed by atoms with E-state index in [1.165, 1.54) is 5.56 Å². The molecule has 2 nitrogen and oxygen atoms in total. The van der Waals surface area contributed by atoms with Gasteiger partial charge in [-0.2, -0.15) is 0 Å². The van der Waals surface area contributed by atoms with Gasteiger partial charge in [0, 0.05) is 10.5 Å². The van der Waals surface area contributed by atoms with Gasteiger partial charge in [-0.25, -0.2) is 0 Å². The summed E-state index contributed by atoms with van der Waals surface area (Å²) in [6.45, 7) is 4.69. The van der Waals surface area contributed by atoms with Crippen LogP contribution in [0, 0.1) is 0 Å². The molecule has 1 unspecified atom stereocenters. The van der Waals surface area contributed by atoms with Crippen LogP contribution in [-0.4, -0.2) is 12.6 Å². The zero-order chi connectivity index (χ0) is 12.7. The highest BCUT2D eigenvalue weighted by molar-refractivity contribution is 9.10. The van der Waals surface area contributed by atoms with Gasteiger partial charge in [0.25, 0.3) is 0 Å². The van der Waals surface area contributed by atoms with Gasteiger partial charge in [0.15, 0.2) is 0 Å². The van der Waals surface area contributed by atoms with E-state index in [4.69, 9.17) is 10.5 Å². The van der Waals surface area contributed by atoms with Crippen LogP contribution < -0.4 is 10.5 Å². The first kappa shape index (κ1) is 14.3. The molecule has 2 N–H and O–H groups in total.